The van der Waals surface area contributed by atoms with Gasteiger partial charge in [0.15, 0.2) is 0 Å². The quantitative estimate of drug-likeness (QED) is 0.407. The molecule has 0 aromatic heterocycles. The second-order valence-electron chi connectivity index (χ2n) is 9.28. The molecule has 0 aliphatic heterocycles. The fourth-order valence-electron chi connectivity index (χ4n) is 4.11. The van der Waals surface area contributed by atoms with Crippen molar-refractivity contribution in [1.29, 1.82) is 0 Å². The normalized spacial score (nSPS) is 12.3. The first kappa shape index (κ1) is 29.6. The summed E-state index contributed by atoms with van der Waals surface area (Å²) >= 11 is 6.12. The van der Waals surface area contributed by atoms with Crippen LogP contribution in [0.2, 0.25) is 5.02 Å². The molecule has 0 aliphatic carbocycles. The molecule has 0 fully saturated rings. The summed E-state index contributed by atoms with van der Waals surface area (Å²) in [6, 6.07) is 14.3. The molecule has 0 saturated carbocycles. The maximum absolute atomic E-state index is 13.4. The summed E-state index contributed by atoms with van der Waals surface area (Å²) in [6.45, 7) is 8.01. The molecule has 0 radical (unpaired) electrons. The molecule has 9 heteroatoms. The molecule has 0 heterocycles. The van der Waals surface area contributed by atoms with Crippen molar-refractivity contribution in [3.05, 3.63) is 64.7 Å². The van der Waals surface area contributed by atoms with Crippen molar-refractivity contribution in [2.75, 3.05) is 23.7 Å². The average Bonchev–Trinajstić information content (AvgIpc) is 2.80. The van der Waals surface area contributed by atoms with E-state index in [0.29, 0.717) is 36.5 Å². The summed E-state index contributed by atoms with van der Waals surface area (Å²) < 4.78 is 26.4. The molecule has 2 amide bonds. The van der Waals surface area contributed by atoms with Gasteiger partial charge >= 0.3 is 0 Å². The van der Waals surface area contributed by atoms with Crippen LogP contribution in [-0.4, -0.2) is 56.6 Å². The molecule has 2 aromatic rings. The number of anilines is 1. The topological polar surface area (TPSA) is 86.8 Å². The number of hydrogen-bond donors (Lipinski definition) is 1. The van der Waals surface area contributed by atoms with Crippen LogP contribution >= 0.6 is 11.6 Å². The smallest absolute Gasteiger partial charge is 0.242 e. The fraction of sp³-hybridized carbons (Fsp3) is 0.481. The van der Waals surface area contributed by atoms with Crippen LogP contribution < -0.4 is 9.62 Å². The van der Waals surface area contributed by atoms with Crippen LogP contribution in [0, 0.1) is 6.92 Å². The maximum atomic E-state index is 13.4. The minimum absolute atomic E-state index is 0.0399. The number of nitrogens with zero attached hydrogens (tertiary/aromatic N) is 2. The van der Waals surface area contributed by atoms with E-state index < -0.39 is 16.1 Å². The highest BCUT2D eigenvalue weighted by atomic mass is 35.5. The van der Waals surface area contributed by atoms with Gasteiger partial charge in [0, 0.05) is 30.6 Å². The first-order chi connectivity index (χ1) is 16.9. The van der Waals surface area contributed by atoms with Crippen LogP contribution in [0.1, 0.15) is 51.2 Å². The fourth-order valence-corrected chi connectivity index (χ4v) is 5.29. The summed E-state index contributed by atoms with van der Waals surface area (Å²) in [6.07, 6.45) is 2.67. The molecule has 36 heavy (non-hydrogen) atoms. The standard InChI is InChI=1S/C27H38ClN3O4S/c1-6-24(27(33)29-20(2)3)30(18-16-22-11-8-7-9-12-22)26(32)13-10-17-31(36(5,34)35)25-19-23(28)15-14-21(25)4/h7-9,11-12,14-15,19-20,24H,6,10,13,16-18H2,1-5H3,(H,29,33)/t24-/m1/s1. The van der Waals surface area contributed by atoms with E-state index in [2.05, 4.69) is 5.32 Å². The number of nitrogens with one attached hydrogen (secondary N) is 1. The Hall–Kier alpha value is -2.58. The Kier molecular flexibility index (Phi) is 11.2. The van der Waals surface area contributed by atoms with Gasteiger partial charge in [-0.2, -0.15) is 0 Å². The Bertz CT molecular complexity index is 1120. The molecule has 0 spiro atoms. The largest absolute Gasteiger partial charge is 0.352 e. The summed E-state index contributed by atoms with van der Waals surface area (Å²) in [5.41, 5.74) is 2.35. The van der Waals surface area contributed by atoms with E-state index in [0.717, 1.165) is 17.4 Å². The van der Waals surface area contributed by atoms with Crippen LogP contribution in [0.15, 0.2) is 48.5 Å². The average molecular weight is 536 g/mol. The van der Waals surface area contributed by atoms with Gasteiger partial charge in [0.2, 0.25) is 21.8 Å². The van der Waals surface area contributed by atoms with Crippen LogP contribution in [-0.2, 0) is 26.0 Å². The molecular formula is C27H38ClN3O4S. The van der Waals surface area contributed by atoms with Crippen molar-refractivity contribution in [3.8, 4) is 0 Å². The van der Waals surface area contributed by atoms with Gasteiger partial charge in [-0.3, -0.25) is 13.9 Å². The van der Waals surface area contributed by atoms with Crippen molar-refractivity contribution in [2.24, 2.45) is 0 Å². The third kappa shape index (κ3) is 8.82. The number of rotatable bonds is 13. The Morgan fingerprint density at radius 3 is 2.31 bits per heavy atom. The van der Waals surface area contributed by atoms with Gasteiger partial charge in [-0.1, -0.05) is 54.9 Å². The Morgan fingerprint density at radius 1 is 1.06 bits per heavy atom. The molecule has 2 aromatic carbocycles. The lowest BCUT2D eigenvalue weighted by Gasteiger charge is -2.31. The van der Waals surface area contributed by atoms with E-state index in [9.17, 15) is 18.0 Å². The third-order valence-corrected chi connectivity index (χ3v) is 7.31. The SMILES string of the molecule is CC[C@H](C(=O)NC(C)C)N(CCc1ccccc1)C(=O)CCCN(c1cc(Cl)ccc1C)S(C)(=O)=O. The third-order valence-electron chi connectivity index (χ3n) is 5.89. The van der Waals surface area contributed by atoms with Gasteiger partial charge in [0.1, 0.15) is 6.04 Å². The van der Waals surface area contributed by atoms with E-state index in [-0.39, 0.29) is 30.8 Å². The summed E-state index contributed by atoms with van der Waals surface area (Å²) in [5, 5.41) is 3.36. The van der Waals surface area contributed by atoms with Crippen LogP contribution in [0.25, 0.3) is 0 Å². The van der Waals surface area contributed by atoms with E-state index in [1.807, 2.05) is 58.0 Å². The molecule has 7 nitrogen and oxygen atoms in total. The molecule has 0 bridgehead atoms. The number of hydrogen-bond acceptors (Lipinski definition) is 4. The number of aryl methyl sites for hydroxylation is 1. The lowest BCUT2D eigenvalue weighted by Crippen LogP contribution is -2.51. The Labute approximate surface area is 220 Å². The predicted molar refractivity (Wildman–Crippen MR) is 147 cm³/mol. The Morgan fingerprint density at radius 2 is 1.72 bits per heavy atom. The number of benzene rings is 2. The highest BCUT2D eigenvalue weighted by Crippen LogP contribution is 2.27. The first-order valence-corrected chi connectivity index (χ1v) is 14.5. The van der Waals surface area contributed by atoms with Gasteiger partial charge in [0.25, 0.3) is 0 Å². The molecule has 1 N–H and O–H groups in total. The molecule has 2 rings (SSSR count). The number of amides is 2. The van der Waals surface area contributed by atoms with Crippen molar-refractivity contribution in [2.45, 2.75) is 65.5 Å². The monoisotopic (exact) mass is 535 g/mol. The molecule has 0 unspecified atom stereocenters. The second kappa shape index (κ2) is 13.7. The van der Waals surface area contributed by atoms with Crippen molar-refractivity contribution in [3.63, 3.8) is 0 Å². The zero-order valence-electron chi connectivity index (χ0n) is 21.8. The minimum atomic E-state index is -3.58. The molecule has 198 valence electrons. The summed E-state index contributed by atoms with van der Waals surface area (Å²) in [4.78, 5) is 27.9. The second-order valence-corrected chi connectivity index (χ2v) is 11.6. The van der Waals surface area contributed by atoms with Crippen LogP contribution in [0.4, 0.5) is 5.69 Å². The van der Waals surface area contributed by atoms with Gasteiger partial charge in [-0.15, -0.1) is 0 Å². The van der Waals surface area contributed by atoms with Crippen molar-refractivity contribution < 1.29 is 18.0 Å². The van der Waals surface area contributed by atoms with E-state index >= 15 is 0 Å². The first-order valence-electron chi connectivity index (χ1n) is 12.3. The maximum Gasteiger partial charge on any atom is 0.242 e. The van der Waals surface area contributed by atoms with E-state index in [1.165, 1.54) is 4.31 Å². The number of halogens is 1. The summed E-state index contributed by atoms with van der Waals surface area (Å²) in [7, 11) is -3.58. The predicted octanol–water partition coefficient (Wildman–Crippen LogP) is 4.57. The van der Waals surface area contributed by atoms with Gasteiger partial charge in [-0.05, 0) is 63.3 Å². The van der Waals surface area contributed by atoms with E-state index in [4.69, 9.17) is 11.6 Å². The number of sulfonamides is 1. The molecule has 0 aliphatic rings. The molecule has 0 saturated heterocycles. The van der Waals surface area contributed by atoms with Gasteiger partial charge < -0.3 is 10.2 Å². The van der Waals surface area contributed by atoms with Crippen molar-refractivity contribution in [1.82, 2.24) is 10.2 Å². The van der Waals surface area contributed by atoms with Gasteiger partial charge in [0.05, 0.1) is 11.9 Å². The van der Waals surface area contributed by atoms with Crippen LogP contribution in [0.3, 0.4) is 0 Å². The number of carbonyl (C=O) groups excluding carboxylic acids is 2. The van der Waals surface area contributed by atoms with E-state index in [1.54, 1.807) is 23.1 Å². The highest BCUT2D eigenvalue weighted by molar-refractivity contribution is 7.92. The van der Waals surface area contributed by atoms with Gasteiger partial charge in [-0.25, -0.2) is 8.42 Å². The lowest BCUT2D eigenvalue weighted by atomic mass is 10.1. The highest BCUT2D eigenvalue weighted by Gasteiger charge is 2.29. The van der Waals surface area contributed by atoms with Crippen LogP contribution in [0.5, 0.6) is 0 Å². The Balaban J connectivity index is 2.19. The molecule has 1 atom stereocenters. The summed E-state index contributed by atoms with van der Waals surface area (Å²) in [5.74, 6) is -0.353. The number of carbonyl (C=O) groups is 2. The van der Waals surface area contributed by atoms with Crippen molar-refractivity contribution >= 4 is 39.1 Å². The lowest BCUT2D eigenvalue weighted by molar-refractivity contribution is -0.141. The zero-order chi connectivity index (χ0) is 26.9. The zero-order valence-corrected chi connectivity index (χ0v) is 23.4. The minimum Gasteiger partial charge on any atom is -0.352 e. The molecular weight excluding hydrogens is 498 g/mol.